The van der Waals surface area contributed by atoms with Crippen LogP contribution in [0.3, 0.4) is 0 Å². The number of nitrogens with zero attached hydrogens (tertiary/aromatic N) is 2. The van der Waals surface area contributed by atoms with Gasteiger partial charge in [-0.25, -0.2) is 13.6 Å². The van der Waals surface area contributed by atoms with Crippen LogP contribution in [-0.4, -0.2) is 47.9 Å². The Morgan fingerprint density at radius 3 is 2.55 bits per heavy atom. The van der Waals surface area contributed by atoms with Crippen molar-refractivity contribution in [2.75, 3.05) is 26.2 Å². The third-order valence-corrected chi connectivity index (χ3v) is 4.90. The number of amides is 2. The Balaban J connectivity index is 1.70. The summed E-state index contributed by atoms with van der Waals surface area (Å²) in [5.41, 5.74) is 1.23. The van der Waals surface area contributed by atoms with E-state index in [1.54, 1.807) is 4.90 Å². The second-order valence-electron chi connectivity index (χ2n) is 6.40. The monoisotopic (exact) mass is 308 g/mol. The van der Waals surface area contributed by atoms with Crippen LogP contribution in [0, 0.1) is 5.92 Å². The average molecular weight is 308 g/mol. The van der Waals surface area contributed by atoms with E-state index in [1.165, 1.54) is 10.5 Å². The fraction of sp³-hybridized carbons (Fsp3) is 0.588. The fourth-order valence-electron chi connectivity index (χ4n) is 3.62. The fourth-order valence-corrected chi connectivity index (χ4v) is 3.62. The number of urea groups is 1. The average Bonchev–Trinajstić information content (AvgIpc) is 3.10. The number of rotatable bonds is 2. The first-order valence-corrected chi connectivity index (χ1v) is 7.97. The van der Waals surface area contributed by atoms with Crippen molar-refractivity contribution in [2.45, 2.75) is 31.6 Å². The maximum Gasteiger partial charge on any atom is 0.320 e. The zero-order valence-electron chi connectivity index (χ0n) is 12.8. The zero-order chi connectivity index (χ0) is 15.7. The molecule has 0 aliphatic carbocycles. The van der Waals surface area contributed by atoms with Gasteiger partial charge in [0, 0.05) is 32.0 Å². The molecule has 0 N–H and O–H groups in total. The summed E-state index contributed by atoms with van der Waals surface area (Å²) in [7, 11) is 0. The number of halogens is 2. The summed E-state index contributed by atoms with van der Waals surface area (Å²) in [6.45, 7) is 3.14. The van der Waals surface area contributed by atoms with Crippen molar-refractivity contribution in [3.05, 3.63) is 35.9 Å². The van der Waals surface area contributed by atoms with E-state index in [0.29, 0.717) is 24.9 Å². The Hall–Kier alpha value is -1.65. The quantitative estimate of drug-likeness (QED) is 0.819. The molecule has 0 radical (unpaired) electrons. The highest BCUT2D eigenvalue weighted by Crippen LogP contribution is 2.36. The third kappa shape index (κ3) is 2.94. The number of carbonyl (C=O) groups is 1. The van der Waals surface area contributed by atoms with E-state index in [2.05, 4.69) is 19.1 Å². The van der Waals surface area contributed by atoms with Crippen molar-refractivity contribution in [3.8, 4) is 0 Å². The molecule has 2 aliphatic rings. The highest BCUT2D eigenvalue weighted by molar-refractivity contribution is 5.75. The molecule has 2 amide bonds. The minimum absolute atomic E-state index is 0.162. The SMILES string of the molecule is CCC1CN(C(=O)N2CCC(F)(F)C2)C[C@@H]1c1ccccc1. The van der Waals surface area contributed by atoms with E-state index >= 15 is 0 Å². The van der Waals surface area contributed by atoms with Crippen LogP contribution in [0.5, 0.6) is 0 Å². The summed E-state index contributed by atoms with van der Waals surface area (Å²) in [5, 5.41) is 0. The molecule has 120 valence electrons. The second-order valence-corrected chi connectivity index (χ2v) is 6.40. The summed E-state index contributed by atoms with van der Waals surface area (Å²) in [5.74, 6) is -2.02. The van der Waals surface area contributed by atoms with Crippen molar-refractivity contribution in [3.63, 3.8) is 0 Å². The number of benzene rings is 1. The van der Waals surface area contributed by atoms with Crippen LogP contribution < -0.4 is 0 Å². The van der Waals surface area contributed by atoms with Gasteiger partial charge in [0.1, 0.15) is 0 Å². The predicted molar refractivity (Wildman–Crippen MR) is 81.1 cm³/mol. The molecule has 22 heavy (non-hydrogen) atoms. The highest BCUT2D eigenvalue weighted by Gasteiger charge is 2.43. The summed E-state index contributed by atoms with van der Waals surface area (Å²) in [4.78, 5) is 15.6. The summed E-state index contributed by atoms with van der Waals surface area (Å²) < 4.78 is 26.6. The molecule has 1 unspecified atom stereocenters. The zero-order valence-corrected chi connectivity index (χ0v) is 12.8. The van der Waals surface area contributed by atoms with E-state index in [9.17, 15) is 13.6 Å². The normalized spacial score (nSPS) is 27.4. The first kappa shape index (κ1) is 15.3. The van der Waals surface area contributed by atoms with Gasteiger partial charge >= 0.3 is 6.03 Å². The summed E-state index contributed by atoms with van der Waals surface area (Å²) in [6.07, 6.45) is 0.769. The standard InChI is InChI=1S/C17H22F2N2O/c1-2-13-10-21(11-15(13)14-6-4-3-5-7-14)16(22)20-9-8-17(18,19)12-20/h3-7,13,15H,2,8-12H2,1H3/t13?,15-/m0/s1. The Morgan fingerprint density at radius 2 is 1.95 bits per heavy atom. The van der Waals surface area contributed by atoms with Crippen LogP contribution in [0.2, 0.25) is 0 Å². The van der Waals surface area contributed by atoms with E-state index < -0.39 is 12.5 Å². The molecule has 2 aliphatic heterocycles. The Labute approximate surface area is 129 Å². The Morgan fingerprint density at radius 1 is 1.23 bits per heavy atom. The van der Waals surface area contributed by atoms with Crippen LogP contribution in [0.25, 0.3) is 0 Å². The number of likely N-dealkylation sites (tertiary alicyclic amines) is 2. The first-order valence-electron chi connectivity index (χ1n) is 7.97. The van der Waals surface area contributed by atoms with Crippen molar-refractivity contribution >= 4 is 6.03 Å². The van der Waals surface area contributed by atoms with Crippen LogP contribution >= 0.6 is 0 Å². The number of hydrogen-bond acceptors (Lipinski definition) is 1. The van der Waals surface area contributed by atoms with Gasteiger partial charge in [-0.15, -0.1) is 0 Å². The number of carbonyl (C=O) groups excluding carboxylic acids is 1. The molecule has 0 spiro atoms. The predicted octanol–water partition coefficient (Wildman–Crippen LogP) is 3.57. The number of alkyl halides is 2. The van der Waals surface area contributed by atoms with Crippen LogP contribution in [0.1, 0.15) is 31.2 Å². The van der Waals surface area contributed by atoms with Gasteiger partial charge in [-0.05, 0) is 11.5 Å². The third-order valence-electron chi connectivity index (χ3n) is 4.90. The van der Waals surface area contributed by atoms with E-state index in [0.717, 1.165) is 6.42 Å². The molecular weight excluding hydrogens is 286 g/mol. The Bertz CT molecular complexity index is 535. The molecule has 3 rings (SSSR count). The number of hydrogen-bond donors (Lipinski definition) is 0. The van der Waals surface area contributed by atoms with Gasteiger partial charge in [-0.3, -0.25) is 0 Å². The van der Waals surface area contributed by atoms with Gasteiger partial charge in [-0.2, -0.15) is 0 Å². The van der Waals surface area contributed by atoms with Crippen molar-refractivity contribution in [2.24, 2.45) is 5.92 Å². The van der Waals surface area contributed by atoms with Crippen molar-refractivity contribution in [1.82, 2.24) is 9.80 Å². The molecule has 1 aromatic carbocycles. The summed E-state index contributed by atoms with van der Waals surface area (Å²) in [6, 6.07) is 9.95. The Kier molecular flexibility index (Phi) is 4.06. The minimum Gasteiger partial charge on any atom is -0.324 e. The van der Waals surface area contributed by atoms with E-state index in [-0.39, 0.29) is 19.0 Å². The molecule has 3 nitrogen and oxygen atoms in total. The van der Waals surface area contributed by atoms with E-state index in [1.807, 2.05) is 18.2 Å². The molecule has 0 saturated carbocycles. The lowest BCUT2D eigenvalue weighted by Gasteiger charge is -2.24. The molecule has 2 saturated heterocycles. The van der Waals surface area contributed by atoms with Gasteiger partial charge in [0.2, 0.25) is 0 Å². The molecule has 1 aromatic rings. The van der Waals surface area contributed by atoms with Crippen molar-refractivity contribution in [1.29, 1.82) is 0 Å². The highest BCUT2D eigenvalue weighted by atomic mass is 19.3. The maximum absolute atomic E-state index is 13.3. The lowest BCUT2D eigenvalue weighted by atomic mass is 9.87. The maximum atomic E-state index is 13.3. The first-order chi connectivity index (χ1) is 10.5. The summed E-state index contributed by atoms with van der Waals surface area (Å²) >= 11 is 0. The van der Waals surface area contributed by atoms with Crippen LogP contribution in [-0.2, 0) is 0 Å². The molecule has 2 heterocycles. The van der Waals surface area contributed by atoms with Crippen molar-refractivity contribution < 1.29 is 13.6 Å². The molecule has 5 heteroatoms. The minimum atomic E-state index is -2.72. The largest absolute Gasteiger partial charge is 0.324 e. The molecule has 2 fully saturated rings. The topological polar surface area (TPSA) is 23.6 Å². The lowest BCUT2D eigenvalue weighted by molar-refractivity contribution is 0.0140. The molecule has 0 aromatic heterocycles. The van der Waals surface area contributed by atoms with Gasteiger partial charge in [0.05, 0.1) is 6.54 Å². The van der Waals surface area contributed by atoms with Gasteiger partial charge in [0.15, 0.2) is 0 Å². The molecule has 2 atom stereocenters. The van der Waals surface area contributed by atoms with Gasteiger partial charge in [0.25, 0.3) is 5.92 Å². The molecular formula is C17H22F2N2O. The lowest BCUT2D eigenvalue weighted by Crippen LogP contribution is -2.42. The van der Waals surface area contributed by atoms with Gasteiger partial charge in [-0.1, -0.05) is 43.7 Å². The molecule has 0 bridgehead atoms. The van der Waals surface area contributed by atoms with Gasteiger partial charge < -0.3 is 9.80 Å². The van der Waals surface area contributed by atoms with Crippen LogP contribution in [0.4, 0.5) is 13.6 Å². The second kappa shape index (κ2) is 5.86. The smallest absolute Gasteiger partial charge is 0.320 e. The van der Waals surface area contributed by atoms with Crippen LogP contribution in [0.15, 0.2) is 30.3 Å². The van der Waals surface area contributed by atoms with E-state index in [4.69, 9.17) is 0 Å².